The van der Waals surface area contributed by atoms with Crippen molar-refractivity contribution in [3.05, 3.63) is 52.6 Å². The van der Waals surface area contributed by atoms with Crippen LogP contribution in [0.15, 0.2) is 41.2 Å². The van der Waals surface area contributed by atoms with Gasteiger partial charge in [0, 0.05) is 24.7 Å². The second-order valence-electron chi connectivity index (χ2n) is 7.04. The molecule has 1 aromatic heterocycles. The maximum atomic E-state index is 13.2. The maximum absolute atomic E-state index is 13.2. The molecule has 1 aliphatic rings. The van der Waals surface area contributed by atoms with E-state index in [1.807, 2.05) is 0 Å². The van der Waals surface area contributed by atoms with Gasteiger partial charge >= 0.3 is 5.97 Å². The van der Waals surface area contributed by atoms with Crippen molar-refractivity contribution in [1.29, 1.82) is 0 Å². The SMILES string of the molecule is CCOC(=O)C1CCN(C(=O)C(C)n2nc(-c3ccc(F)cc3)ccc2=O)CC1. The molecule has 154 valence electrons. The van der Waals surface area contributed by atoms with Gasteiger partial charge in [0.1, 0.15) is 11.9 Å². The van der Waals surface area contributed by atoms with Crippen LogP contribution in [0.4, 0.5) is 4.39 Å². The average molecular weight is 401 g/mol. The highest BCUT2D eigenvalue weighted by molar-refractivity contribution is 5.80. The first-order valence-corrected chi connectivity index (χ1v) is 9.72. The molecule has 0 spiro atoms. The average Bonchev–Trinajstić information content (AvgIpc) is 2.74. The Kier molecular flexibility index (Phi) is 6.41. The number of aromatic nitrogens is 2. The first-order chi connectivity index (χ1) is 13.9. The summed E-state index contributed by atoms with van der Waals surface area (Å²) in [6, 6.07) is 7.88. The van der Waals surface area contributed by atoms with Gasteiger partial charge in [-0.05, 0) is 57.0 Å². The zero-order valence-electron chi connectivity index (χ0n) is 16.5. The molecule has 8 heteroatoms. The molecule has 7 nitrogen and oxygen atoms in total. The van der Waals surface area contributed by atoms with Crippen molar-refractivity contribution in [2.75, 3.05) is 19.7 Å². The number of rotatable bonds is 5. The summed E-state index contributed by atoms with van der Waals surface area (Å²) in [5.41, 5.74) is 0.735. The van der Waals surface area contributed by atoms with Crippen LogP contribution in [0, 0.1) is 11.7 Å². The molecule has 29 heavy (non-hydrogen) atoms. The summed E-state index contributed by atoms with van der Waals surface area (Å²) >= 11 is 0. The van der Waals surface area contributed by atoms with E-state index in [9.17, 15) is 18.8 Å². The fraction of sp³-hybridized carbons (Fsp3) is 0.429. The van der Waals surface area contributed by atoms with E-state index in [0.717, 1.165) is 4.68 Å². The van der Waals surface area contributed by atoms with Crippen LogP contribution in [-0.2, 0) is 14.3 Å². The Morgan fingerprint density at radius 3 is 2.45 bits per heavy atom. The quantitative estimate of drug-likeness (QED) is 0.719. The van der Waals surface area contributed by atoms with Gasteiger partial charge in [-0.15, -0.1) is 0 Å². The Morgan fingerprint density at radius 2 is 1.83 bits per heavy atom. The zero-order valence-corrected chi connectivity index (χ0v) is 16.5. The van der Waals surface area contributed by atoms with Gasteiger partial charge < -0.3 is 9.64 Å². The summed E-state index contributed by atoms with van der Waals surface area (Å²) in [6.45, 7) is 4.59. The topological polar surface area (TPSA) is 81.5 Å². The summed E-state index contributed by atoms with van der Waals surface area (Å²) in [5, 5.41) is 4.32. The fourth-order valence-electron chi connectivity index (χ4n) is 3.44. The molecule has 1 aliphatic heterocycles. The molecule has 1 atom stereocenters. The summed E-state index contributed by atoms with van der Waals surface area (Å²) in [5.74, 6) is -1.01. The molecule has 0 saturated carbocycles. The largest absolute Gasteiger partial charge is 0.466 e. The molecular formula is C21H24FN3O4. The minimum atomic E-state index is -0.790. The van der Waals surface area contributed by atoms with Gasteiger partial charge in [-0.3, -0.25) is 14.4 Å². The van der Waals surface area contributed by atoms with Crippen LogP contribution in [0.3, 0.4) is 0 Å². The summed E-state index contributed by atoms with van der Waals surface area (Å²) in [6.07, 6.45) is 1.07. The van der Waals surface area contributed by atoms with Gasteiger partial charge in [-0.2, -0.15) is 5.10 Å². The number of hydrogen-bond acceptors (Lipinski definition) is 5. The molecule has 1 unspecified atom stereocenters. The van der Waals surface area contributed by atoms with Crippen molar-refractivity contribution in [3.8, 4) is 11.3 Å². The molecule has 2 aromatic rings. The number of benzene rings is 1. The Bertz CT molecular complexity index is 934. The number of halogens is 1. The molecule has 0 bridgehead atoms. The van der Waals surface area contributed by atoms with Crippen LogP contribution in [0.25, 0.3) is 11.3 Å². The second-order valence-corrected chi connectivity index (χ2v) is 7.04. The van der Waals surface area contributed by atoms with E-state index in [1.54, 1.807) is 36.9 Å². The minimum absolute atomic E-state index is 0.197. The number of nitrogens with zero attached hydrogens (tertiary/aromatic N) is 3. The number of piperidine rings is 1. The normalized spacial score (nSPS) is 15.8. The van der Waals surface area contributed by atoms with Gasteiger partial charge in [-0.1, -0.05) is 0 Å². The maximum Gasteiger partial charge on any atom is 0.309 e. The first-order valence-electron chi connectivity index (χ1n) is 9.72. The summed E-state index contributed by atoms with van der Waals surface area (Å²) < 4.78 is 19.4. The monoisotopic (exact) mass is 401 g/mol. The molecule has 1 saturated heterocycles. The van der Waals surface area contributed by atoms with E-state index in [-0.39, 0.29) is 23.6 Å². The van der Waals surface area contributed by atoms with E-state index in [0.29, 0.717) is 43.8 Å². The molecule has 0 radical (unpaired) electrons. The number of carbonyl (C=O) groups is 2. The highest BCUT2D eigenvalue weighted by atomic mass is 19.1. The van der Waals surface area contributed by atoms with E-state index in [2.05, 4.69) is 5.10 Å². The molecule has 0 N–H and O–H groups in total. The summed E-state index contributed by atoms with van der Waals surface area (Å²) in [4.78, 5) is 38.7. The molecule has 1 amide bonds. The number of ether oxygens (including phenoxy) is 1. The molecule has 1 aromatic carbocycles. The van der Waals surface area contributed by atoms with Crippen LogP contribution in [-0.4, -0.2) is 46.3 Å². The van der Waals surface area contributed by atoms with Crippen molar-refractivity contribution >= 4 is 11.9 Å². The molecule has 2 heterocycles. The van der Waals surface area contributed by atoms with Gasteiger partial charge in [-0.25, -0.2) is 9.07 Å². The number of amides is 1. The lowest BCUT2D eigenvalue weighted by Crippen LogP contribution is -2.45. The van der Waals surface area contributed by atoms with Crippen LogP contribution in [0.2, 0.25) is 0 Å². The Labute approximate surface area is 168 Å². The Hall–Kier alpha value is -3.03. The number of esters is 1. The van der Waals surface area contributed by atoms with Crippen molar-refractivity contribution in [3.63, 3.8) is 0 Å². The standard InChI is InChI=1S/C21H24FN3O4/c1-3-29-21(28)16-10-12-24(13-11-16)20(27)14(2)25-19(26)9-8-18(23-25)15-4-6-17(22)7-5-15/h4-9,14,16H,3,10-13H2,1-2H3. The van der Waals surface area contributed by atoms with E-state index in [1.165, 1.54) is 18.2 Å². The Balaban J connectivity index is 1.73. The lowest BCUT2D eigenvalue weighted by atomic mass is 9.96. The molecular weight excluding hydrogens is 377 g/mol. The molecule has 3 rings (SSSR count). The van der Waals surface area contributed by atoms with Crippen molar-refractivity contribution in [2.24, 2.45) is 5.92 Å². The third-order valence-electron chi connectivity index (χ3n) is 5.12. The number of hydrogen-bond donors (Lipinski definition) is 0. The van der Waals surface area contributed by atoms with Gasteiger partial charge in [0.2, 0.25) is 5.91 Å². The molecule has 0 aliphatic carbocycles. The van der Waals surface area contributed by atoms with Crippen LogP contribution < -0.4 is 5.56 Å². The van der Waals surface area contributed by atoms with Crippen molar-refractivity contribution < 1.29 is 18.7 Å². The predicted octanol–water partition coefficient (Wildman–Crippen LogP) is 2.41. The van der Waals surface area contributed by atoms with Crippen molar-refractivity contribution in [1.82, 2.24) is 14.7 Å². The van der Waals surface area contributed by atoms with Crippen LogP contribution in [0.1, 0.15) is 32.7 Å². The Morgan fingerprint density at radius 1 is 1.17 bits per heavy atom. The van der Waals surface area contributed by atoms with Gasteiger partial charge in [0.05, 0.1) is 18.2 Å². The van der Waals surface area contributed by atoms with Crippen LogP contribution in [0.5, 0.6) is 0 Å². The third-order valence-corrected chi connectivity index (χ3v) is 5.12. The highest BCUT2D eigenvalue weighted by Crippen LogP contribution is 2.22. The number of likely N-dealkylation sites (tertiary alicyclic amines) is 1. The third kappa shape index (κ3) is 4.70. The predicted molar refractivity (Wildman–Crippen MR) is 105 cm³/mol. The molecule has 1 fully saturated rings. The zero-order chi connectivity index (χ0) is 21.0. The van der Waals surface area contributed by atoms with Crippen LogP contribution >= 0.6 is 0 Å². The second kappa shape index (κ2) is 8.98. The van der Waals surface area contributed by atoms with Gasteiger partial charge in [0.15, 0.2) is 0 Å². The van der Waals surface area contributed by atoms with Crippen molar-refractivity contribution in [2.45, 2.75) is 32.7 Å². The number of carbonyl (C=O) groups excluding carboxylic acids is 2. The smallest absolute Gasteiger partial charge is 0.309 e. The fourth-order valence-corrected chi connectivity index (χ4v) is 3.44. The minimum Gasteiger partial charge on any atom is -0.466 e. The van der Waals surface area contributed by atoms with Gasteiger partial charge in [0.25, 0.3) is 5.56 Å². The highest BCUT2D eigenvalue weighted by Gasteiger charge is 2.31. The van der Waals surface area contributed by atoms with E-state index < -0.39 is 11.6 Å². The van der Waals surface area contributed by atoms with E-state index in [4.69, 9.17) is 4.74 Å². The van der Waals surface area contributed by atoms with E-state index >= 15 is 0 Å². The first kappa shape index (κ1) is 20.7. The lowest BCUT2D eigenvalue weighted by Gasteiger charge is -2.32. The summed E-state index contributed by atoms with van der Waals surface area (Å²) in [7, 11) is 0. The lowest BCUT2D eigenvalue weighted by molar-refractivity contribution is -0.151.